The van der Waals surface area contributed by atoms with Crippen LogP contribution < -0.4 is 60.2 Å². The van der Waals surface area contributed by atoms with Crippen molar-refractivity contribution in [2.45, 2.75) is 162 Å². The molecule has 9 N–H and O–H groups in total. The summed E-state index contributed by atoms with van der Waals surface area (Å²) in [7, 11) is 10.4. The van der Waals surface area contributed by atoms with Gasteiger partial charge in [0.1, 0.15) is 11.8 Å². The number of benzene rings is 4. The van der Waals surface area contributed by atoms with Crippen LogP contribution in [0.4, 0.5) is 13.2 Å². The number of methoxy groups -OCH3 is 7. The lowest BCUT2D eigenvalue weighted by Gasteiger charge is -2.29. The van der Waals surface area contributed by atoms with E-state index < -0.39 is 45.7 Å². The number of hydrogen-bond donors (Lipinski definition) is 8. The van der Waals surface area contributed by atoms with Crippen LogP contribution in [-0.2, 0) is 60.2 Å². The summed E-state index contributed by atoms with van der Waals surface area (Å²) < 4.78 is 76.0. The standard InChI is InChI=1S/C19H20ClF3N2O3.C19H23ClN2O2.C18H21ClN2O3.C18H19ClN2O3.C11H17ClN2O.C9H9ClN2O.C7H7ClINO2/c1-18(2,24-10-14(26)11-7-5-4-6-8-11)12-9-13(16(27)19(21,22)23)25-17(20)15(12)28-3;1-5-14-11-15(17(24-4)18(20)22-14)19(2,3)21-12-16(23)13-9-7-6-8-10-13;2*1-18(2,20-10-15(23)12-7-5-4-6-8-12)14-9-13(11-22)21-17(19)16(14)24-3;1-5-7-6-8(11(2,3)13)9(15-4)10(12)14-7;1-3-7-4-6(5-11)8(13-2)9(10)12-7;1-12-6-5(9)2-4(3-11)10-7(6)8/h4-9,16,24,27H,10H2,1-3H3;6-11,21H,5,12H2,1-4H3;4-9,20,22H,10-11H2,1-3H3;4-9,11,20H,10H2,1-3H3;6H,5,13H2,1-4H3;4H,3H2,1-2H3;2,11H,3H2,1H3. The van der Waals surface area contributed by atoms with E-state index in [0.717, 1.165) is 62.7 Å². The first-order chi connectivity index (χ1) is 65.9. The smallest absolute Gasteiger partial charge is 0.420 e. The summed E-state index contributed by atoms with van der Waals surface area (Å²) in [6.07, 6.45) is -4.72. The summed E-state index contributed by atoms with van der Waals surface area (Å²) in [4.78, 5) is 88.4. The first kappa shape index (κ1) is 120. The minimum Gasteiger partial charge on any atom is -0.493 e. The van der Waals surface area contributed by atoms with E-state index in [-0.39, 0.29) is 105 Å². The summed E-state index contributed by atoms with van der Waals surface area (Å²) in [5, 5.41) is 50.4. The monoisotopic (exact) mass is 2180 g/mol. The fourth-order valence-corrected chi connectivity index (χ4v) is 16.1. The molecule has 0 fully saturated rings. The summed E-state index contributed by atoms with van der Waals surface area (Å²) in [6.45, 7) is 24.9. The van der Waals surface area contributed by atoms with Gasteiger partial charge in [0.2, 0.25) is 0 Å². The Hall–Kier alpha value is -10.4. The van der Waals surface area contributed by atoms with Gasteiger partial charge in [-0.15, -0.1) is 0 Å². The maximum atomic E-state index is 12.9. The number of pyridine rings is 7. The Morgan fingerprint density at radius 3 is 0.943 bits per heavy atom. The van der Waals surface area contributed by atoms with Crippen molar-refractivity contribution in [1.82, 2.24) is 56.2 Å². The second-order valence-corrected chi connectivity index (χ2v) is 36.7. The van der Waals surface area contributed by atoms with Crippen molar-refractivity contribution in [2.75, 3.05) is 75.9 Å². The minimum atomic E-state index is -4.90. The Balaban J connectivity index is 0.000000293. The molecule has 0 radical (unpaired) electrons. The van der Waals surface area contributed by atoms with E-state index >= 15 is 0 Å². The van der Waals surface area contributed by atoms with E-state index in [2.05, 4.69) is 78.7 Å². The summed E-state index contributed by atoms with van der Waals surface area (Å²) in [6, 6.07) is 49.7. The van der Waals surface area contributed by atoms with Crippen LogP contribution in [-0.4, -0.2) is 162 Å². The number of ketones is 4. The van der Waals surface area contributed by atoms with Gasteiger partial charge in [0.05, 0.1) is 115 Å². The van der Waals surface area contributed by atoms with Crippen LogP contribution in [0, 0.1) is 14.9 Å². The Morgan fingerprint density at radius 2 is 0.657 bits per heavy atom. The second kappa shape index (κ2) is 56.4. The Kier molecular flexibility index (Phi) is 48.4. The molecule has 28 nitrogen and oxygen atoms in total. The maximum Gasteiger partial charge on any atom is 0.420 e. The Labute approximate surface area is 863 Å². The average Bonchev–Trinajstić information content (AvgIpc) is 0.768. The van der Waals surface area contributed by atoms with E-state index in [1.54, 1.807) is 107 Å². The molecule has 0 amide bonds. The third-order valence-electron chi connectivity index (χ3n) is 21.0. The lowest BCUT2D eigenvalue weighted by Crippen LogP contribution is -2.40. The number of nitrogens with zero attached hydrogens (tertiary/aromatic N) is 8. The quantitative estimate of drug-likeness (QED) is 0.00791. The molecule has 11 aromatic rings. The fraction of sp³-hybridized carbons (Fsp3) is 0.356. The molecule has 11 rings (SSSR count). The van der Waals surface area contributed by atoms with Gasteiger partial charge in [-0.3, -0.25) is 24.0 Å². The molecule has 0 aliphatic rings. The molecule has 4 aromatic carbocycles. The average molecular weight is 2180 g/mol. The molecule has 7 aromatic heterocycles. The zero-order valence-corrected chi connectivity index (χ0v) is 88.6. The van der Waals surface area contributed by atoms with Crippen molar-refractivity contribution >= 4 is 133 Å². The van der Waals surface area contributed by atoms with Crippen molar-refractivity contribution < 1.29 is 85.6 Å². The third-order valence-corrected chi connectivity index (χ3v) is 23.6. The van der Waals surface area contributed by atoms with Gasteiger partial charge in [0, 0.05) is 94.8 Å². The summed E-state index contributed by atoms with van der Waals surface area (Å²) in [5.74, 6) is 2.69. The van der Waals surface area contributed by atoms with Gasteiger partial charge < -0.3 is 75.5 Å². The number of nitrogens with one attached hydrogen (secondary N) is 4. The Morgan fingerprint density at radius 1 is 0.400 bits per heavy atom. The van der Waals surface area contributed by atoms with E-state index in [0.29, 0.717) is 95.9 Å². The molecule has 0 saturated heterocycles. The second-order valence-electron chi connectivity index (χ2n) is 33.0. The molecule has 0 aliphatic carbocycles. The van der Waals surface area contributed by atoms with Crippen LogP contribution in [0.1, 0.15) is 216 Å². The van der Waals surface area contributed by atoms with Crippen LogP contribution >= 0.6 is 104 Å². The molecule has 752 valence electrons. The molecule has 1 atom stereocenters. The van der Waals surface area contributed by atoms with Gasteiger partial charge in [0.25, 0.3) is 0 Å². The molecule has 0 bridgehead atoms. The maximum absolute atomic E-state index is 12.9. The van der Waals surface area contributed by atoms with Crippen LogP contribution in [0.5, 0.6) is 40.2 Å². The van der Waals surface area contributed by atoms with Gasteiger partial charge in [-0.25, -0.2) is 34.9 Å². The topological polar surface area (TPSA) is 399 Å². The SMILES string of the molecule is CCc1cc(C#N)c(OC)c(Cl)n1.CCc1cc(C(C)(C)N)c(OC)c(Cl)n1.CCc1cc(C(C)(C)NCC(=O)c2ccccc2)c(OC)c(Cl)n1.COc1c(C(C)(C)NCC(=O)c2ccccc2)cc(C(O)C(F)(F)F)nc1Cl.COc1c(C(C)(C)NCC(=O)c2ccccc2)cc(C=O)nc1Cl.COc1c(C(C)(C)NCC(=O)c2ccccc2)cc(CO)nc1Cl.COc1c(I)cc(CO)nc1Cl. The van der Waals surface area contributed by atoms with Crippen LogP contribution in [0.2, 0.25) is 36.1 Å². The lowest BCUT2D eigenvalue weighted by molar-refractivity contribution is -0.208. The number of Topliss-reactive ketones (excluding diaryl/α,β-unsaturated/α-hetero) is 4. The molecular formula is C101H116Cl7F3IN13O15. The molecule has 140 heavy (non-hydrogen) atoms. The van der Waals surface area contributed by atoms with E-state index in [1.165, 1.54) is 35.5 Å². The highest BCUT2D eigenvalue weighted by atomic mass is 127. The predicted molar refractivity (Wildman–Crippen MR) is 549 cm³/mol. The van der Waals surface area contributed by atoms with Crippen molar-refractivity contribution in [2.24, 2.45) is 5.73 Å². The zero-order valence-electron chi connectivity index (χ0n) is 81.2. The number of aldehydes is 1. The summed E-state index contributed by atoms with van der Waals surface area (Å²) >= 11 is 44.1. The number of halogens is 11. The normalized spacial score (nSPS) is 11.4. The number of nitrogens with two attached hydrogens (primary N) is 1. The fourth-order valence-electron chi connectivity index (χ4n) is 13.1. The number of ether oxygens (including phenoxy) is 7. The first-order valence-electron chi connectivity index (χ1n) is 43.2. The zero-order chi connectivity index (χ0) is 105. The highest BCUT2D eigenvalue weighted by Crippen LogP contribution is 2.43. The van der Waals surface area contributed by atoms with Gasteiger partial charge in [0.15, 0.2) is 112 Å². The molecule has 0 aliphatic heterocycles. The van der Waals surface area contributed by atoms with Gasteiger partial charge in [-0.05, 0) is 154 Å². The predicted octanol–water partition coefficient (Wildman–Crippen LogP) is 20.8. The van der Waals surface area contributed by atoms with Crippen molar-refractivity contribution in [3.05, 3.63) is 299 Å². The third kappa shape index (κ3) is 35.0. The lowest BCUT2D eigenvalue weighted by atomic mass is 9.92. The highest BCUT2D eigenvalue weighted by Gasteiger charge is 2.42. The number of rotatable bonds is 35. The van der Waals surface area contributed by atoms with E-state index in [1.807, 2.05) is 161 Å². The van der Waals surface area contributed by atoms with Gasteiger partial charge in [-0.1, -0.05) is 223 Å². The number of aryl methyl sites for hydroxylation is 3. The number of alkyl halides is 3. The number of carbonyl (C=O) groups is 5. The van der Waals surface area contributed by atoms with Crippen molar-refractivity contribution in [3.8, 4) is 46.3 Å². The highest BCUT2D eigenvalue weighted by molar-refractivity contribution is 14.1. The summed E-state index contributed by atoms with van der Waals surface area (Å²) in [5.41, 5.74) is 12.3. The molecule has 0 spiro atoms. The number of aliphatic hydroxyl groups is 3. The largest absolute Gasteiger partial charge is 0.493 e. The van der Waals surface area contributed by atoms with Crippen molar-refractivity contribution in [3.63, 3.8) is 0 Å². The number of carbonyl (C=O) groups excluding carboxylic acids is 5. The number of hydrogen-bond acceptors (Lipinski definition) is 28. The van der Waals surface area contributed by atoms with E-state index in [9.17, 15) is 47.4 Å². The van der Waals surface area contributed by atoms with Crippen LogP contribution in [0.15, 0.2) is 164 Å². The molecule has 1 unspecified atom stereocenters. The molecular weight excluding hydrogens is 2070 g/mol. The van der Waals surface area contributed by atoms with Gasteiger partial charge >= 0.3 is 6.18 Å². The number of aromatic nitrogens is 7. The number of nitriles is 1. The van der Waals surface area contributed by atoms with E-state index in [4.69, 9.17) is 130 Å². The number of aliphatic hydroxyl groups excluding tert-OH is 3. The molecule has 39 heteroatoms. The molecule has 0 saturated carbocycles. The minimum absolute atomic E-state index is 0.00910. The van der Waals surface area contributed by atoms with Crippen molar-refractivity contribution in [1.29, 1.82) is 5.26 Å². The van der Waals surface area contributed by atoms with Gasteiger partial charge in [-0.2, -0.15) is 18.4 Å². The molecule has 7 heterocycles. The van der Waals surface area contributed by atoms with Crippen LogP contribution in [0.3, 0.4) is 0 Å². The first-order valence-corrected chi connectivity index (χ1v) is 46.9. The van der Waals surface area contributed by atoms with Crippen LogP contribution in [0.25, 0.3) is 0 Å². The Bertz CT molecular complexity index is 5870.